The van der Waals surface area contributed by atoms with Crippen molar-refractivity contribution in [2.75, 3.05) is 0 Å². The summed E-state index contributed by atoms with van der Waals surface area (Å²) in [6, 6.07) is 6.90. The summed E-state index contributed by atoms with van der Waals surface area (Å²) in [6.07, 6.45) is 1.09. The van der Waals surface area contributed by atoms with Crippen LogP contribution in [0.4, 0.5) is 0 Å². The Morgan fingerprint density at radius 2 is 2.00 bits per heavy atom. The van der Waals surface area contributed by atoms with Gasteiger partial charge < -0.3 is 10.4 Å². The number of para-hydroxylation sites is 1. The van der Waals surface area contributed by atoms with Crippen LogP contribution in [0.1, 0.15) is 32.8 Å². The number of benzene rings is 1. The van der Waals surface area contributed by atoms with Gasteiger partial charge in [0.15, 0.2) is 0 Å². The Kier molecular flexibility index (Phi) is 3.93. The van der Waals surface area contributed by atoms with Gasteiger partial charge in [0.2, 0.25) is 5.91 Å². The molecule has 3 nitrogen and oxygen atoms in total. The number of carbonyl (C=O) groups is 1. The molecule has 0 aliphatic heterocycles. The predicted octanol–water partition coefficient (Wildman–Crippen LogP) is 2.24. The second kappa shape index (κ2) is 5.01. The highest BCUT2D eigenvalue weighted by Crippen LogP contribution is 2.16. The Morgan fingerprint density at radius 1 is 1.38 bits per heavy atom. The molecule has 0 heterocycles. The summed E-state index contributed by atoms with van der Waals surface area (Å²) < 4.78 is 0. The van der Waals surface area contributed by atoms with Crippen molar-refractivity contribution in [2.24, 2.45) is 0 Å². The van der Waals surface area contributed by atoms with Crippen LogP contribution in [0.25, 0.3) is 0 Å². The van der Waals surface area contributed by atoms with Crippen LogP contribution in [0.2, 0.25) is 0 Å². The molecule has 88 valence electrons. The molecule has 0 spiro atoms. The molecular weight excluding hydrogens is 202 g/mol. The fourth-order valence-corrected chi connectivity index (χ4v) is 1.34. The molecule has 2 N–H and O–H groups in total. The highest BCUT2D eigenvalue weighted by Gasteiger charge is 2.18. The van der Waals surface area contributed by atoms with Gasteiger partial charge in [0.1, 0.15) is 5.75 Å². The van der Waals surface area contributed by atoms with E-state index in [0.29, 0.717) is 5.56 Å². The largest absolute Gasteiger partial charge is 0.508 e. The second-order valence-corrected chi connectivity index (χ2v) is 4.59. The van der Waals surface area contributed by atoms with E-state index < -0.39 is 0 Å². The minimum atomic E-state index is -0.193. The lowest BCUT2D eigenvalue weighted by atomic mass is 10.0. The van der Waals surface area contributed by atoms with Gasteiger partial charge in [0.25, 0.3) is 0 Å². The number of aromatic hydroxyl groups is 1. The minimum Gasteiger partial charge on any atom is -0.508 e. The van der Waals surface area contributed by atoms with E-state index in [2.05, 4.69) is 5.32 Å². The Morgan fingerprint density at radius 3 is 2.56 bits per heavy atom. The molecule has 16 heavy (non-hydrogen) atoms. The number of hydrogen-bond donors (Lipinski definition) is 2. The highest BCUT2D eigenvalue weighted by atomic mass is 16.3. The first kappa shape index (κ1) is 12.6. The van der Waals surface area contributed by atoms with Crippen molar-refractivity contribution in [2.45, 2.75) is 39.2 Å². The number of phenolic OH excluding ortho intramolecular Hbond substituents is 1. The van der Waals surface area contributed by atoms with Gasteiger partial charge in [-0.15, -0.1) is 0 Å². The number of hydrogen-bond acceptors (Lipinski definition) is 2. The molecule has 0 saturated carbocycles. The Bertz CT molecular complexity index is 372. The van der Waals surface area contributed by atoms with Crippen LogP contribution in [-0.4, -0.2) is 16.6 Å². The SMILES string of the molecule is CCC(C)(C)NC(=O)Cc1ccccc1O. The smallest absolute Gasteiger partial charge is 0.224 e. The molecular formula is C13H19NO2. The van der Waals surface area contributed by atoms with Gasteiger partial charge >= 0.3 is 0 Å². The zero-order chi connectivity index (χ0) is 12.2. The monoisotopic (exact) mass is 221 g/mol. The van der Waals surface area contributed by atoms with Gasteiger partial charge in [0, 0.05) is 11.1 Å². The first-order chi connectivity index (χ1) is 7.44. The third-order valence-corrected chi connectivity index (χ3v) is 2.70. The summed E-state index contributed by atoms with van der Waals surface area (Å²) in [5, 5.41) is 12.5. The summed E-state index contributed by atoms with van der Waals surface area (Å²) in [7, 11) is 0. The molecule has 1 amide bonds. The molecule has 3 heteroatoms. The quantitative estimate of drug-likeness (QED) is 0.819. The maximum absolute atomic E-state index is 11.7. The van der Waals surface area contributed by atoms with Crippen molar-refractivity contribution in [3.05, 3.63) is 29.8 Å². The first-order valence-electron chi connectivity index (χ1n) is 5.52. The van der Waals surface area contributed by atoms with E-state index in [-0.39, 0.29) is 23.6 Å². The van der Waals surface area contributed by atoms with Crippen molar-refractivity contribution >= 4 is 5.91 Å². The lowest BCUT2D eigenvalue weighted by Gasteiger charge is -2.24. The van der Waals surface area contributed by atoms with E-state index >= 15 is 0 Å². The number of phenols is 1. The van der Waals surface area contributed by atoms with Crippen molar-refractivity contribution in [3.8, 4) is 5.75 Å². The van der Waals surface area contributed by atoms with Crippen LogP contribution >= 0.6 is 0 Å². The molecule has 0 unspecified atom stereocenters. The molecule has 1 aromatic rings. The predicted molar refractivity (Wildman–Crippen MR) is 64.3 cm³/mol. The van der Waals surface area contributed by atoms with E-state index in [1.54, 1.807) is 18.2 Å². The minimum absolute atomic E-state index is 0.0617. The van der Waals surface area contributed by atoms with Gasteiger partial charge in [0.05, 0.1) is 6.42 Å². The average Bonchev–Trinajstić information content (AvgIpc) is 2.21. The fourth-order valence-electron chi connectivity index (χ4n) is 1.34. The molecule has 0 aromatic heterocycles. The van der Waals surface area contributed by atoms with Crippen LogP contribution in [0.15, 0.2) is 24.3 Å². The molecule has 0 aliphatic carbocycles. The molecule has 0 atom stereocenters. The van der Waals surface area contributed by atoms with Crippen molar-refractivity contribution < 1.29 is 9.90 Å². The van der Waals surface area contributed by atoms with E-state index in [4.69, 9.17) is 0 Å². The normalized spacial score (nSPS) is 11.2. The number of rotatable bonds is 4. The lowest BCUT2D eigenvalue weighted by molar-refractivity contribution is -0.122. The van der Waals surface area contributed by atoms with Crippen molar-refractivity contribution in [3.63, 3.8) is 0 Å². The maximum Gasteiger partial charge on any atom is 0.224 e. The van der Waals surface area contributed by atoms with E-state index in [1.807, 2.05) is 26.8 Å². The topological polar surface area (TPSA) is 49.3 Å². The summed E-state index contributed by atoms with van der Waals surface area (Å²) >= 11 is 0. The summed E-state index contributed by atoms with van der Waals surface area (Å²) in [5.41, 5.74) is 0.466. The zero-order valence-corrected chi connectivity index (χ0v) is 10.1. The van der Waals surface area contributed by atoms with E-state index in [9.17, 15) is 9.90 Å². The van der Waals surface area contributed by atoms with Gasteiger partial charge in [-0.1, -0.05) is 25.1 Å². The molecule has 0 aliphatic rings. The summed E-state index contributed by atoms with van der Waals surface area (Å²) in [4.78, 5) is 11.7. The van der Waals surface area contributed by atoms with E-state index in [1.165, 1.54) is 0 Å². The first-order valence-corrected chi connectivity index (χ1v) is 5.52. The molecule has 1 rings (SSSR count). The van der Waals surface area contributed by atoms with Gasteiger partial charge in [-0.25, -0.2) is 0 Å². The lowest BCUT2D eigenvalue weighted by Crippen LogP contribution is -2.43. The number of nitrogens with one attached hydrogen (secondary N) is 1. The molecule has 0 bridgehead atoms. The highest BCUT2D eigenvalue weighted by molar-refractivity contribution is 5.79. The zero-order valence-electron chi connectivity index (χ0n) is 10.1. The molecule has 0 fully saturated rings. The van der Waals surface area contributed by atoms with Gasteiger partial charge in [-0.2, -0.15) is 0 Å². The Labute approximate surface area is 96.5 Å². The molecule has 1 aromatic carbocycles. The van der Waals surface area contributed by atoms with Crippen LogP contribution in [-0.2, 0) is 11.2 Å². The Hall–Kier alpha value is -1.51. The average molecular weight is 221 g/mol. The third kappa shape index (κ3) is 3.57. The summed E-state index contributed by atoms with van der Waals surface area (Å²) in [6.45, 7) is 5.99. The van der Waals surface area contributed by atoms with Crippen LogP contribution in [0.3, 0.4) is 0 Å². The van der Waals surface area contributed by atoms with Crippen molar-refractivity contribution in [1.29, 1.82) is 0 Å². The standard InChI is InChI=1S/C13H19NO2/c1-4-13(2,3)14-12(16)9-10-7-5-6-8-11(10)15/h5-8,15H,4,9H2,1-3H3,(H,14,16). The second-order valence-electron chi connectivity index (χ2n) is 4.59. The van der Waals surface area contributed by atoms with Gasteiger partial charge in [-0.05, 0) is 26.3 Å². The Balaban J connectivity index is 2.62. The van der Waals surface area contributed by atoms with Crippen LogP contribution in [0, 0.1) is 0 Å². The van der Waals surface area contributed by atoms with Gasteiger partial charge in [-0.3, -0.25) is 4.79 Å². The maximum atomic E-state index is 11.7. The number of carbonyl (C=O) groups excluding carboxylic acids is 1. The number of amides is 1. The molecule has 0 saturated heterocycles. The van der Waals surface area contributed by atoms with Crippen molar-refractivity contribution in [1.82, 2.24) is 5.32 Å². The fraction of sp³-hybridized carbons (Fsp3) is 0.462. The van der Waals surface area contributed by atoms with Crippen LogP contribution < -0.4 is 5.32 Å². The third-order valence-electron chi connectivity index (χ3n) is 2.70. The summed E-state index contributed by atoms with van der Waals surface area (Å²) in [5.74, 6) is 0.111. The van der Waals surface area contributed by atoms with E-state index in [0.717, 1.165) is 6.42 Å². The van der Waals surface area contributed by atoms with Crippen LogP contribution in [0.5, 0.6) is 5.75 Å². The molecule has 0 radical (unpaired) electrons.